The fourth-order valence-electron chi connectivity index (χ4n) is 3.57. The van der Waals surface area contributed by atoms with E-state index < -0.39 is 6.10 Å². The molecule has 4 rings (SSSR count). The minimum Gasteiger partial charge on any atom is -0.391 e. The zero-order chi connectivity index (χ0) is 16.7. The van der Waals surface area contributed by atoms with Crippen molar-refractivity contribution in [3.8, 4) is 0 Å². The first-order valence-electron chi connectivity index (χ1n) is 8.15. The summed E-state index contributed by atoms with van der Waals surface area (Å²) in [6, 6.07) is 6.72. The lowest BCUT2D eigenvalue weighted by molar-refractivity contribution is 0.165. The SMILES string of the molecule is Cn1c(N[C@@H]2CC(Cn3cccn3)C[C@H]2O)nc2c(F)cccc21. The second-order valence-electron chi connectivity index (χ2n) is 6.49. The van der Waals surface area contributed by atoms with Gasteiger partial charge in [-0.15, -0.1) is 0 Å². The second kappa shape index (κ2) is 5.90. The number of anilines is 1. The Hall–Kier alpha value is -2.41. The topological polar surface area (TPSA) is 67.9 Å². The fourth-order valence-corrected chi connectivity index (χ4v) is 3.57. The molecule has 24 heavy (non-hydrogen) atoms. The quantitative estimate of drug-likeness (QED) is 0.770. The van der Waals surface area contributed by atoms with Gasteiger partial charge in [0, 0.05) is 26.0 Å². The lowest BCUT2D eigenvalue weighted by Gasteiger charge is -2.17. The van der Waals surface area contributed by atoms with E-state index in [9.17, 15) is 9.50 Å². The van der Waals surface area contributed by atoms with Crippen LogP contribution in [0.15, 0.2) is 36.7 Å². The van der Waals surface area contributed by atoms with Crippen LogP contribution < -0.4 is 5.32 Å². The average molecular weight is 329 g/mol. The Morgan fingerprint density at radius 2 is 2.21 bits per heavy atom. The predicted molar refractivity (Wildman–Crippen MR) is 89.0 cm³/mol. The summed E-state index contributed by atoms with van der Waals surface area (Å²) in [7, 11) is 1.85. The van der Waals surface area contributed by atoms with E-state index in [1.54, 1.807) is 12.3 Å². The summed E-state index contributed by atoms with van der Waals surface area (Å²) < 4.78 is 17.6. The monoisotopic (exact) mass is 329 g/mol. The van der Waals surface area contributed by atoms with Crippen LogP contribution in [0.4, 0.5) is 10.3 Å². The van der Waals surface area contributed by atoms with Crippen molar-refractivity contribution in [1.29, 1.82) is 0 Å². The molecule has 0 radical (unpaired) electrons. The summed E-state index contributed by atoms with van der Waals surface area (Å²) >= 11 is 0. The molecule has 0 saturated heterocycles. The lowest BCUT2D eigenvalue weighted by Crippen LogP contribution is -2.29. The van der Waals surface area contributed by atoms with E-state index in [4.69, 9.17) is 0 Å². The summed E-state index contributed by atoms with van der Waals surface area (Å²) in [5, 5.41) is 17.9. The number of aliphatic hydroxyl groups is 1. The van der Waals surface area contributed by atoms with Crippen molar-refractivity contribution in [2.24, 2.45) is 13.0 Å². The molecule has 0 aliphatic heterocycles. The average Bonchev–Trinajstić information content (AvgIpc) is 3.25. The predicted octanol–water partition coefficient (Wildman–Crippen LogP) is 2.16. The zero-order valence-corrected chi connectivity index (χ0v) is 13.4. The summed E-state index contributed by atoms with van der Waals surface area (Å²) in [5.41, 5.74) is 1.08. The van der Waals surface area contributed by atoms with Gasteiger partial charge in [-0.05, 0) is 37.0 Å². The molecule has 2 heterocycles. The molecule has 1 saturated carbocycles. The molecule has 1 aliphatic carbocycles. The molecule has 0 bridgehead atoms. The van der Waals surface area contributed by atoms with Crippen molar-refractivity contribution in [3.05, 3.63) is 42.5 Å². The molecule has 6 nitrogen and oxygen atoms in total. The lowest BCUT2D eigenvalue weighted by atomic mass is 10.1. The number of nitrogens with zero attached hydrogens (tertiary/aromatic N) is 4. The number of aromatic nitrogens is 4. The number of aliphatic hydroxyl groups excluding tert-OH is 1. The molecule has 126 valence electrons. The van der Waals surface area contributed by atoms with Crippen LogP contribution in [-0.4, -0.2) is 36.6 Å². The summed E-state index contributed by atoms with van der Waals surface area (Å²) in [6.45, 7) is 0.791. The number of imidazole rings is 1. The highest BCUT2D eigenvalue weighted by Crippen LogP contribution is 2.30. The van der Waals surface area contributed by atoms with Crippen LogP contribution in [0.3, 0.4) is 0 Å². The van der Waals surface area contributed by atoms with Gasteiger partial charge in [0.1, 0.15) is 5.52 Å². The van der Waals surface area contributed by atoms with Gasteiger partial charge in [0.05, 0.1) is 17.7 Å². The van der Waals surface area contributed by atoms with Gasteiger partial charge in [0.15, 0.2) is 5.82 Å². The number of hydrogen-bond acceptors (Lipinski definition) is 4. The van der Waals surface area contributed by atoms with E-state index in [-0.39, 0.29) is 11.9 Å². The smallest absolute Gasteiger partial charge is 0.204 e. The van der Waals surface area contributed by atoms with Crippen LogP contribution in [-0.2, 0) is 13.6 Å². The third-order valence-corrected chi connectivity index (χ3v) is 4.81. The minimum atomic E-state index is -0.449. The van der Waals surface area contributed by atoms with E-state index in [2.05, 4.69) is 15.4 Å². The third kappa shape index (κ3) is 2.65. The number of aryl methyl sites for hydroxylation is 1. The van der Waals surface area contributed by atoms with Crippen molar-refractivity contribution in [2.75, 3.05) is 5.32 Å². The van der Waals surface area contributed by atoms with Gasteiger partial charge in [-0.2, -0.15) is 5.10 Å². The third-order valence-electron chi connectivity index (χ3n) is 4.81. The molecular weight excluding hydrogens is 309 g/mol. The molecule has 1 aliphatic rings. The summed E-state index contributed by atoms with van der Waals surface area (Å²) in [5.74, 6) is 0.599. The standard InChI is InChI=1S/C17H20FN5O/c1-22-14-5-2-4-12(18)16(14)21-17(22)20-13-8-11(9-15(13)24)10-23-7-3-6-19-23/h2-7,11,13,15,24H,8-10H2,1H3,(H,20,21)/t11?,13-,15-/m1/s1. The first-order valence-corrected chi connectivity index (χ1v) is 8.15. The maximum Gasteiger partial charge on any atom is 0.204 e. The first kappa shape index (κ1) is 15.1. The van der Waals surface area contributed by atoms with Crippen LogP contribution in [0.5, 0.6) is 0 Å². The number of halogens is 1. The molecule has 2 N–H and O–H groups in total. The van der Waals surface area contributed by atoms with E-state index in [0.29, 0.717) is 17.4 Å². The molecule has 3 aromatic rings. The van der Waals surface area contributed by atoms with E-state index in [0.717, 1.165) is 24.9 Å². The second-order valence-corrected chi connectivity index (χ2v) is 6.49. The fraction of sp³-hybridized carbons (Fsp3) is 0.412. The molecule has 7 heteroatoms. The number of rotatable bonds is 4. The van der Waals surface area contributed by atoms with Crippen LogP contribution in [0.1, 0.15) is 12.8 Å². The van der Waals surface area contributed by atoms with Crippen molar-refractivity contribution < 1.29 is 9.50 Å². The molecule has 1 unspecified atom stereocenters. The molecule has 1 fully saturated rings. The Labute approximate surface area is 138 Å². The number of nitrogens with one attached hydrogen (secondary N) is 1. The highest BCUT2D eigenvalue weighted by molar-refractivity contribution is 5.79. The van der Waals surface area contributed by atoms with Crippen molar-refractivity contribution in [1.82, 2.24) is 19.3 Å². The first-order chi connectivity index (χ1) is 11.6. The van der Waals surface area contributed by atoms with Gasteiger partial charge in [0.2, 0.25) is 5.95 Å². The van der Waals surface area contributed by atoms with Crippen molar-refractivity contribution in [3.63, 3.8) is 0 Å². The van der Waals surface area contributed by atoms with Crippen molar-refractivity contribution in [2.45, 2.75) is 31.5 Å². The Morgan fingerprint density at radius 3 is 2.96 bits per heavy atom. The highest BCUT2D eigenvalue weighted by atomic mass is 19.1. The molecule has 1 aromatic carbocycles. The normalized spacial score (nSPS) is 23.9. The molecule has 3 atom stereocenters. The van der Waals surface area contributed by atoms with Gasteiger partial charge >= 0.3 is 0 Å². The number of hydrogen-bond donors (Lipinski definition) is 2. The van der Waals surface area contributed by atoms with E-state index in [1.807, 2.05) is 34.6 Å². The largest absolute Gasteiger partial charge is 0.391 e. The number of benzene rings is 1. The highest BCUT2D eigenvalue weighted by Gasteiger charge is 2.34. The Balaban J connectivity index is 1.51. The van der Waals surface area contributed by atoms with Crippen LogP contribution in [0.2, 0.25) is 0 Å². The van der Waals surface area contributed by atoms with Gasteiger partial charge in [-0.3, -0.25) is 4.68 Å². The maximum atomic E-state index is 13.9. The summed E-state index contributed by atoms with van der Waals surface area (Å²) in [4.78, 5) is 4.36. The van der Waals surface area contributed by atoms with Gasteiger partial charge < -0.3 is 15.0 Å². The van der Waals surface area contributed by atoms with Crippen molar-refractivity contribution >= 4 is 17.0 Å². The maximum absolute atomic E-state index is 13.9. The van der Waals surface area contributed by atoms with Gasteiger partial charge in [0.25, 0.3) is 0 Å². The van der Waals surface area contributed by atoms with Gasteiger partial charge in [-0.25, -0.2) is 9.37 Å². The van der Waals surface area contributed by atoms with E-state index >= 15 is 0 Å². The van der Waals surface area contributed by atoms with E-state index in [1.165, 1.54) is 6.07 Å². The van der Waals surface area contributed by atoms with Crippen LogP contribution in [0.25, 0.3) is 11.0 Å². The Kier molecular flexibility index (Phi) is 3.72. The number of fused-ring (bicyclic) bond motifs is 1. The van der Waals surface area contributed by atoms with Crippen LogP contribution in [0, 0.1) is 11.7 Å². The van der Waals surface area contributed by atoms with Gasteiger partial charge in [-0.1, -0.05) is 6.07 Å². The molecule has 0 spiro atoms. The Morgan fingerprint density at radius 1 is 1.33 bits per heavy atom. The zero-order valence-electron chi connectivity index (χ0n) is 13.4. The number of para-hydroxylation sites is 1. The minimum absolute atomic E-state index is 0.0934. The molecule has 0 amide bonds. The Bertz CT molecular complexity index is 844. The summed E-state index contributed by atoms with van der Waals surface area (Å²) in [6.07, 6.45) is 4.79. The molecule has 2 aromatic heterocycles. The van der Waals surface area contributed by atoms with Crippen LogP contribution >= 0.6 is 0 Å². The molecular formula is C17H20FN5O.